The third-order valence-corrected chi connectivity index (χ3v) is 8.91. The van der Waals surface area contributed by atoms with Crippen molar-refractivity contribution in [3.8, 4) is 0 Å². The maximum atomic E-state index is 13.8. The Labute approximate surface area is 233 Å². The summed E-state index contributed by atoms with van der Waals surface area (Å²) in [5, 5.41) is 31.7. The van der Waals surface area contributed by atoms with Gasteiger partial charge in [0.1, 0.15) is 12.3 Å². The van der Waals surface area contributed by atoms with E-state index in [2.05, 4.69) is 20.2 Å². The number of aliphatic hydroxyl groups is 2. The maximum absolute atomic E-state index is 13.8. The van der Waals surface area contributed by atoms with Crippen LogP contribution in [0.4, 0.5) is 4.39 Å². The van der Waals surface area contributed by atoms with E-state index in [0.717, 1.165) is 58.9 Å². The molecule has 3 N–H and O–H groups in total. The van der Waals surface area contributed by atoms with E-state index < -0.39 is 41.6 Å². The Morgan fingerprint density at radius 2 is 2.02 bits per heavy atom. The zero-order valence-corrected chi connectivity index (χ0v) is 22.1. The summed E-state index contributed by atoms with van der Waals surface area (Å²) in [7, 11) is 0. The number of rotatable bonds is 6. The number of pyridine rings is 1. The van der Waals surface area contributed by atoms with E-state index in [-0.39, 0.29) is 24.9 Å². The van der Waals surface area contributed by atoms with Gasteiger partial charge < -0.3 is 14.9 Å². The van der Waals surface area contributed by atoms with Crippen molar-refractivity contribution in [3.63, 3.8) is 0 Å². The van der Waals surface area contributed by atoms with Crippen LogP contribution < -0.4 is 11.2 Å². The summed E-state index contributed by atoms with van der Waals surface area (Å²) in [5.74, 6) is -0.592. The summed E-state index contributed by atoms with van der Waals surface area (Å²) in [6.45, 7) is 1.87. The molecule has 12 nitrogen and oxygen atoms in total. The first-order valence-electron chi connectivity index (χ1n) is 13.9. The van der Waals surface area contributed by atoms with Gasteiger partial charge >= 0.3 is 5.69 Å². The molecule has 0 radical (unpaired) electrons. The number of para-hydroxylation sites is 1. The largest absolute Gasteiger partial charge is 0.390 e. The van der Waals surface area contributed by atoms with Crippen LogP contribution in [0, 0.1) is 11.7 Å². The molecule has 0 saturated carbocycles. The SMILES string of the molecule is O=c1[nH]c(=O)n(C2CC(O)C(Cn3cc(C4C[N@@]5CCC4C[C@H]5[C@H](O)c4ccnc5ccccc45)nn3)O2)cc1F. The zero-order chi connectivity index (χ0) is 28.2. The molecule has 13 heteroatoms. The Bertz CT molecular complexity index is 1700. The molecule has 4 aromatic rings. The molecule has 8 rings (SSSR count). The predicted octanol–water partition coefficient (Wildman–Crippen LogP) is 1.08. The number of benzene rings is 1. The van der Waals surface area contributed by atoms with Gasteiger partial charge in [0, 0.05) is 42.7 Å². The van der Waals surface area contributed by atoms with Gasteiger partial charge in [0.05, 0.1) is 36.2 Å². The van der Waals surface area contributed by atoms with Gasteiger partial charge in [-0.3, -0.25) is 24.2 Å². The normalized spacial score (nSPS) is 30.2. The second-order valence-electron chi connectivity index (χ2n) is 11.3. The number of nitrogens with one attached hydrogen (secondary N) is 1. The van der Waals surface area contributed by atoms with Crippen LogP contribution in [0.15, 0.2) is 58.5 Å². The van der Waals surface area contributed by atoms with Gasteiger partial charge in [-0.2, -0.15) is 4.39 Å². The minimum absolute atomic E-state index is 0.00554. The molecule has 0 amide bonds. The highest BCUT2D eigenvalue weighted by Gasteiger charge is 2.45. The minimum Gasteiger partial charge on any atom is -0.390 e. The Morgan fingerprint density at radius 1 is 1.17 bits per heavy atom. The average Bonchev–Trinajstić information content (AvgIpc) is 3.61. The van der Waals surface area contributed by atoms with Crippen molar-refractivity contribution in [1.82, 2.24) is 34.4 Å². The molecule has 0 aliphatic carbocycles. The van der Waals surface area contributed by atoms with Crippen LogP contribution in [0.25, 0.3) is 10.9 Å². The minimum atomic E-state index is -1.10. The number of H-pyrrole nitrogens is 1. The number of aromatic amines is 1. The van der Waals surface area contributed by atoms with Gasteiger partial charge in [0.25, 0.3) is 5.56 Å². The Kier molecular flexibility index (Phi) is 6.53. The molecule has 5 unspecified atom stereocenters. The number of aliphatic hydroxyl groups excluding tert-OH is 2. The average molecular weight is 564 g/mol. The van der Waals surface area contributed by atoms with E-state index in [0.29, 0.717) is 5.92 Å². The fourth-order valence-corrected chi connectivity index (χ4v) is 6.80. The molecule has 3 aromatic heterocycles. The quantitative estimate of drug-likeness (QED) is 0.313. The number of aromatic nitrogens is 6. The van der Waals surface area contributed by atoms with Crippen LogP contribution in [-0.2, 0) is 11.3 Å². The molecule has 0 spiro atoms. The van der Waals surface area contributed by atoms with Crippen LogP contribution in [0.3, 0.4) is 0 Å². The summed E-state index contributed by atoms with van der Waals surface area (Å²) in [6, 6.07) is 9.79. The van der Waals surface area contributed by atoms with Gasteiger partial charge in [-0.1, -0.05) is 23.4 Å². The number of nitrogens with zero attached hydrogens (tertiary/aromatic N) is 6. The summed E-state index contributed by atoms with van der Waals surface area (Å²) < 4.78 is 22.2. The molecule has 41 heavy (non-hydrogen) atoms. The van der Waals surface area contributed by atoms with Crippen LogP contribution in [-0.4, -0.2) is 76.0 Å². The molecule has 4 saturated heterocycles. The first-order valence-corrected chi connectivity index (χ1v) is 13.9. The number of ether oxygens (including phenoxy) is 1. The van der Waals surface area contributed by atoms with E-state index in [4.69, 9.17) is 4.74 Å². The first-order chi connectivity index (χ1) is 19.9. The highest BCUT2D eigenvalue weighted by Crippen LogP contribution is 2.45. The molecule has 4 aliphatic heterocycles. The smallest absolute Gasteiger partial charge is 0.330 e. The van der Waals surface area contributed by atoms with Crippen LogP contribution in [0.1, 0.15) is 48.8 Å². The second-order valence-corrected chi connectivity index (χ2v) is 11.3. The summed E-state index contributed by atoms with van der Waals surface area (Å²) in [5.41, 5.74) is 0.715. The lowest BCUT2D eigenvalue weighted by Crippen LogP contribution is -2.54. The molecular formula is C28H30FN7O5. The van der Waals surface area contributed by atoms with Gasteiger partial charge in [-0.05, 0) is 43.0 Å². The molecular weight excluding hydrogens is 533 g/mol. The lowest BCUT2D eigenvalue weighted by atomic mass is 9.72. The van der Waals surface area contributed by atoms with Crippen molar-refractivity contribution < 1.29 is 19.3 Å². The summed E-state index contributed by atoms with van der Waals surface area (Å²) in [4.78, 5) is 32.2. The van der Waals surface area contributed by atoms with E-state index in [1.54, 1.807) is 10.9 Å². The highest BCUT2D eigenvalue weighted by atomic mass is 19.1. The monoisotopic (exact) mass is 563 g/mol. The van der Waals surface area contributed by atoms with Crippen LogP contribution in [0.2, 0.25) is 0 Å². The predicted molar refractivity (Wildman–Crippen MR) is 143 cm³/mol. The van der Waals surface area contributed by atoms with Crippen molar-refractivity contribution in [2.45, 2.75) is 62.3 Å². The van der Waals surface area contributed by atoms with Gasteiger partial charge in [0.15, 0.2) is 0 Å². The Morgan fingerprint density at radius 3 is 2.85 bits per heavy atom. The molecule has 4 fully saturated rings. The molecule has 7 heterocycles. The molecule has 1 aromatic carbocycles. The number of halogens is 1. The fourth-order valence-electron chi connectivity index (χ4n) is 6.80. The van der Waals surface area contributed by atoms with Crippen LogP contribution in [0.5, 0.6) is 0 Å². The Balaban J connectivity index is 1.03. The van der Waals surface area contributed by atoms with Crippen molar-refractivity contribution in [1.29, 1.82) is 0 Å². The third-order valence-electron chi connectivity index (χ3n) is 8.91. The number of hydrogen-bond acceptors (Lipinski definition) is 9. The molecule has 8 atom stereocenters. The third kappa shape index (κ3) is 4.68. The standard InChI is InChI=1S/C28H30FN7O5/c29-19-12-36(28(40)31-27(19)39)25-10-23(37)24(41-25)14-35-13-21(32-33-35)18-11-34-8-6-15(18)9-22(34)26(38)17-5-7-30-20-4-2-1-3-16(17)20/h1-5,7,12-13,15,18,22-26,37-38H,6,8-11,14H2,(H,31,39,40)/t15?,18?,22-,23?,24?,25?,26+/m0/s1. The van der Waals surface area contributed by atoms with Crippen molar-refractivity contribution in [2.75, 3.05) is 13.1 Å². The van der Waals surface area contributed by atoms with Crippen molar-refractivity contribution in [2.24, 2.45) is 5.92 Å². The summed E-state index contributed by atoms with van der Waals surface area (Å²) in [6.07, 6.45) is 3.17. The van der Waals surface area contributed by atoms with Gasteiger partial charge in [-0.25, -0.2) is 9.48 Å². The zero-order valence-electron chi connectivity index (χ0n) is 22.1. The van der Waals surface area contributed by atoms with E-state index in [1.165, 1.54) is 0 Å². The Hall–Kier alpha value is -3.78. The van der Waals surface area contributed by atoms with E-state index in [9.17, 15) is 24.2 Å². The van der Waals surface area contributed by atoms with Gasteiger partial charge in [-0.15, -0.1) is 5.10 Å². The first kappa shape index (κ1) is 26.1. The lowest BCUT2D eigenvalue weighted by molar-refractivity contribution is -0.0382. The van der Waals surface area contributed by atoms with Gasteiger partial charge in [0.2, 0.25) is 5.82 Å². The number of fused-ring (bicyclic) bond motifs is 4. The maximum Gasteiger partial charge on any atom is 0.330 e. The summed E-state index contributed by atoms with van der Waals surface area (Å²) >= 11 is 0. The molecule has 4 aliphatic rings. The number of piperidine rings is 3. The fraction of sp³-hybridized carbons (Fsp3) is 0.464. The highest BCUT2D eigenvalue weighted by molar-refractivity contribution is 5.82. The van der Waals surface area contributed by atoms with E-state index in [1.807, 2.05) is 41.5 Å². The molecule has 2 bridgehead atoms. The number of hydrogen-bond donors (Lipinski definition) is 3. The topological polar surface area (TPSA) is 151 Å². The van der Waals surface area contributed by atoms with Crippen molar-refractivity contribution in [3.05, 3.63) is 86.8 Å². The molecule has 214 valence electrons. The van der Waals surface area contributed by atoms with Crippen LogP contribution >= 0.6 is 0 Å². The lowest BCUT2D eigenvalue weighted by Gasteiger charge is -2.50. The second kappa shape index (κ2) is 10.2. The van der Waals surface area contributed by atoms with E-state index >= 15 is 0 Å². The van der Waals surface area contributed by atoms with Crippen molar-refractivity contribution >= 4 is 10.9 Å².